The Morgan fingerprint density at radius 2 is 0.952 bits per heavy atom. The molecule has 2 heterocycles. The van der Waals surface area contributed by atoms with Crippen LogP contribution < -0.4 is 0 Å². The molecule has 62 heavy (non-hydrogen) atoms. The average molecular weight is 805 g/mol. The fraction of sp³-hybridized carbons (Fsp3) is 0.0189. The highest BCUT2D eigenvalue weighted by Crippen LogP contribution is 2.47. The van der Waals surface area contributed by atoms with Gasteiger partial charge >= 0.3 is 6.18 Å². The molecule has 10 aromatic rings. The molecule has 0 saturated carbocycles. The molecule has 0 saturated heterocycles. The number of nitrogens with zero attached hydrogens (tertiary/aromatic N) is 6. The van der Waals surface area contributed by atoms with Gasteiger partial charge in [0, 0.05) is 32.7 Å². The molecule has 0 spiro atoms. The van der Waals surface area contributed by atoms with Crippen LogP contribution in [0, 0.1) is 35.8 Å². The molecule has 0 aliphatic rings. The first-order chi connectivity index (χ1) is 30.2. The van der Waals surface area contributed by atoms with Crippen LogP contribution in [0.15, 0.2) is 164 Å². The predicted molar refractivity (Wildman–Crippen MR) is 238 cm³/mol. The van der Waals surface area contributed by atoms with Crippen LogP contribution in [0.4, 0.5) is 24.5 Å². The fourth-order valence-electron chi connectivity index (χ4n) is 8.61. The standard InChI is InChI=1S/C53H27F3N6/c1-59-39-20-15-35(16-21-39)37-18-24-49-44(28-37)41-8-4-6-10-47(41)62(49)51-26-33(31-58)25-50(52(51)42-22-19-38(53(54,55)56)29-45(42)60-2)61-46-9-5-3-7-40(46)43-27-36(17-23-48(43)61)34-13-11-32(30-57)12-14-34/h3-29H. The quantitative estimate of drug-likeness (QED) is 0.163. The third-order valence-corrected chi connectivity index (χ3v) is 11.4. The lowest BCUT2D eigenvalue weighted by molar-refractivity contribution is -0.137. The van der Waals surface area contributed by atoms with Gasteiger partial charge in [-0.1, -0.05) is 97.1 Å². The Morgan fingerprint density at radius 1 is 0.468 bits per heavy atom. The zero-order valence-electron chi connectivity index (χ0n) is 32.4. The highest BCUT2D eigenvalue weighted by molar-refractivity contribution is 6.13. The summed E-state index contributed by atoms with van der Waals surface area (Å²) in [5.41, 5.74) is 8.79. The minimum absolute atomic E-state index is 0.193. The zero-order chi connectivity index (χ0) is 42.7. The second-order valence-corrected chi connectivity index (χ2v) is 14.9. The number of nitriles is 2. The van der Waals surface area contributed by atoms with Gasteiger partial charge in [-0.25, -0.2) is 9.69 Å². The van der Waals surface area contributed by atoms with Crippen molar-refractivity contribution >= 4 is 55.0 Å². The van der Waals surface area contributed by atoms with Gasteiger partial charge in [0.2, 0.25) is 0 Å². The number of para-hydroxylation sites is 2. The third kappa shape index (κ3) is 6.01. The number of benzene rings is 8. The molecule has 290 valence electrons. The smallest absolute Gasteiger partial charge is 0.309 e. The van der Waals surface area contributed by atoms with Crippen molar-refractivity contribution in [2.45, 2.75) is 6.18 Å². The van der Waals surface area contributed by atoms with E-state index in [1.165, 1.54) is 6.07 Å². The summed E-state index contributed by atoms with van der Waals surface area (Å²) in [6, 6.07) is 53.7. The summed E-state index contributed by atoms with van der Waals surface area (Å²) in [6.07, 6.45) is -4.69. The van der Waals surface area contributed by atoms with Crippen LogP contribution in [0.25, 0.3) is 98.1 Å². The number of hydrogen-bond acceptors (Lipinski definition) is 2. The zero-order valence-corrected chi connectivity index (χ0v) is 32.4. The van der Waals surface area contributed by atoms with Crippen molar-refractivity contribution in [3.05, 3.63) is 203 Å². The topological polar surface area (TPSA) is 66.2 Å². The van der Waals surface area contributed by atoms with Gasteiger partial charge in [-0.05, 0) is 94.5 Å². The maximum Gasteiger partial charge on any atom is 0.415 e. The lowest BCUT2D eigenvalue weighted by Gasteiger charge is -2.22. The first kappa shape index (κ1) is 37.4. The molecule has 0 N–H and O–H groups in total. The Balaban J connectivity index is 1.32. The number of rotatable bonds is 5. The van der Waals surface area contributed by atoms with E-state index in [9.17, 15) is 23.7 Å². The summed E-state index contributed by atoms with van der Waals surface area (Å²) in [7, 11) is 0. The van der Waals surface area contributed by atoms with Gasteiger partial charge in [0.15, 0.2) is 11.4 Å². The minimum Gasteiger partial charge on any atom is -0.309 e. The molecule has 9 heteroatoms. The van der Waals surface area contributed by atoms with Crippen molar-refractivity contribution in [1.29, 1.82) is 10.5 Å². The molecule has 0 atom stereocenters. The largest absolute Gasteiger partial charge is 0.415 e. The average Bonchev–Trinajstić information content (AvgIpc) is 3.82. The van der Waals surface area contributed by atoms with E-state index >= 15 is 0 Å². The lowest BCUT2D eigenvalue weighted by atomic mass is 9.95. The van der Waals surface area contributed by atoms with E-state index in [0.29, 0.717) is 33.8 Å². The van der Waals surface area contributed by atoms with Crippen molar-refractivity contribution in [1.82, 2.24) is 9.13 Å². The minimum atomic E-state index is -4.69. The van der Waals surface area contributed by atoms with Crippen LogP contribution in [-0.2, 0) is 6.18 Å². The Labute approximate surface area is 353 Å². The Morgan fingerprint density at radius 3 is 1.44 bits per heavy atom. The summed E-state index contributed by atoms with van der Waals surface area (Å²) in [4.78, 5) is 7.23. The Bertz CT molecular complexity index is 3460. The number of fused-ring (bicyclic) bond motifs is 6. The van der Waals surface area contributed by atoms with Gasteiger partial charge in [-0.2, -0.15) is 23.7 Å². The second kappa shape index (κ2) is 14.4. The molecule has 0 radical (unpaired) electrons. The van der Waals surface area contributed by atoms with Crippen molar-refractivity contribution < 1.29 is 13.2 Å². The van der Waals surface area contributed by atoms with E-state index in [0.717, 1.165) is 78.0 Å². The maximum absolute atomic E-state index is 14.3. The van der Waals surface area contributed by atoms with Gasteiger partial charge in [-0.3, -0.25) is 0 Å². The molecule has 10 rings (SSSR count). The second-order valence-electron chi connectivity index (χ2n) is 14.9. The normalized spacial score (nSPS) is 11.4. The maximum atomic E-state index is 14.3. The van der Waals surface area contributed by atoms with Crippen LogP contribution in [0.1, 0.15) is 16.7 Å². The molecule has 2 aromatic heterocycles. The van der Waals surface area contributed by atoms with E-state index in [-0.39, 0.29) is 11.3 Å². The number of aromatic nitrogens is 2. The molecule has 0 aliphatic heterocycles. The molecule has 0 amide bonds. The van der Waals surface area contributed by atoms with Crippen molar-refractivity contribution in [3.63, 3.8) is 0 Å². The number of hydrogen-bond donors (Lipinski definition) is 0. The Kier molecular flexibility index (Phi) is 8.70. The van der Waals surface area contributed by atoms with Crippen LogP contribution in [0.5, 0.6) is 0 Å². The van der Waals surface area contributed by atoms with Crippen LogP contribution in [-0.4, -0.2) is 9.13 Å². The number of alkyl halides is 3. The monoisotopic (exact) mass is 804 g/mol. The molecule has 0 unspecified atom stereocenters. The highest BCUT2D eigenvalue weighted by atomic mass is 19.4. The van der Waals surface area contributed by atoms with Crippen LogP contribution in [0.3, 0.4) is 0 Å². The first-order valence-electron chi connectivity index (χ1n) is 19.4. The van der Waals surface area contributed by atoms with E-state index in [2.05, 4.69) is 34.0 Å². The number of halogens is 3. The van der Waals surface area contributed by atoms with Crippen molar-refractivity contribution in [2.24, 2.45) is 0 Å². The third-order valence-electron chi connectivity index (χ3n) is 11.4. The van der Waals surface area contributed by atoms with Crippen molar-refractivity contribution in [3.8, 4) is 56.9 Å². The van der Waals surface area contributed by atoms with Gasteiger partial charge in [0.05, 0.1) is 69.9 Å². The summed E-state index contributed by atoms with van der Waals surface area (Å²) >= 11 is 0. The van der Waals surface area contributed by atoms with Gasteiger partial charge in [0.1, 0.15) is 0 Å². The molecular weight excluding hydrogens is 778 g/mol. The van der Waals surface area contributed by atoms with Crippen LogP contribution in [0.2, 0.25) is 0 Å². The predicted octanol–water partition coefficient (Wildman–Crippen LogP) is 14.7. The fourth-order valence-corrected chi connectivity index (χ4v) is 8.61. The van der Waals surface area contributed by atoms with Gasteiger partial charge in [0.25, 0.3) is 0 Å². The van der Waals surface area contributed by atoms with Crippen molar-refractivity contribution in [2.75, 3.05) is 0 Å². The van der Waals surface area contributed by atoms with E-state index in [4.69, 9.17) is 13.1 Å². The molecule has 0 fully saturated rings. The van der Waals surface area contributed by atoms with E-state index in [1.807, 2.05) is 106 Å². The van der Waals surface area contributed by atoms with E-state index in [1.54, 1.807) is 36.4 Å². The molecule has 0 aliphatic carbocycles. The van der Waals surface area contributed by atoms with Crippen LogP contribution >= 0.6 is 0 Å². The van der Waals surface area contributed by atoms with Gasteiger partial charge in [-0.15, -0.1) is 0 Å². The SMILES string of the molecule is [C-]#[N+]c1ccc(-c2ccc3c(c2)c2ccccc2n3-c2cc(C#N)cc(-n3c4ccccc4c4cc(-c5ccc(C#N)cc5)ccc43)c2-c2ccc(C(F)(F)F)cc2[N+]#[C-])cc1. The summed E-state index contributed by atoms with van der Waals surface area (Å²) in [5.74, 6) is 0. The summed E-state index contributed by atoms with van der Waals surface area (Å²) in [5, 5.41) is 23.7. The summed E-state index contributed by atoms with van der Waals surface area (Å²) in [6.45, 7) is 15.6. The van der Waals surface area contributed by atoms with Gasteiger partial charge < -0.3 is 9.13 Å². The molecule has 0 bridgehead atoms. The van der Waals surface area contributed by atoms with E-state index < -0.39 is 11.7 Å². The summed E-state index contributed by atoms with van der Waals surface area (Å²) < 4.78 is 46.8. The lowest BCUT2D eigenvalue weighted by Crippen LogP contribution is -2.07. The Hall–Kier alpha value is -8.89. The molecule has 8 aromatic carbocycles. The molecular formula is C53H27F3N6. The molecule has 6 nitrogen and oxygen atoms in total. The first-order valence-corrected chi connectivity index (χ1v) is 19.4. The highest BCUT2D eigenvalue weighted by Gasteiger charge is 2.32.